The van der Waals surface area contributed by atoms with Gasteiger partial charge in [-0.1, -0.05) is 31.2 Å². The molecule has 7 heteroatoms. The molecule has 2 aromatic heterocycles. The molecule has 3 aromatic rings. The Morgan fingerprint density at radius 2 is 1.77 bits per heavy atom. The van der Waals surface area contributed by atoms with Crippen molar-refractivity contribution in [2.24, 2.45) is 0 Å². The number of aromatic nitrogens is 3. The molecule has 0 aliphatic rings. The number of nitrogens with one attached hydrogen (secondary N) is 1. The van der Waals surface area contributed by atoms with Gasteiger partial charge in [0.2, 0.25) is 5.91 Å². The predicted molar refractivity (Wildman–Crippen MR) is 116 cm³/mol. The van der Waals surface area contributed by atoms with Crippen molar-refractivity contribution in [2.75, 3.05) is 11.9 Å². The van der Waals surface area contributed by atoms with Gasteiger partial charge in [0.1, 0.15) is 12.4 Å². The summed E-state index contributed by atoms with van der Waals surface area (Å²) in [5, 5.41) is 7.26. The molecule has 0 fully saturated rings. The molecule has 1 N–H and O–H groups in total. The van der Waals surface area contributed by atoms with Crippen LogP contribution in [0.4, 0.5) is 5.82 Å². The largest absolute Gasteiger partial charge is 0.462 e. The van der Waals surface area contributed by atoms with Gasteiger partial charge >= 0.3 is 5.97 Å². The number of hydrogen-bond acceptors (Lipinski definition) is 4. The van der Waals surface area contributed by atoms with Gasteiger partial charge in [-0.15, -0.1) is 0 Å². The standard InChI is InChI=1S/C23H28N4O3/c1-5-18-7-9-19(10-8-18)14-27-21(11-12-24-27)25-22(28)15-26-16(3)13-20(17(26)4)23(29)30-6-2/h7-13H,5-6,14-15H2,1-4H3,(H,25,28). The van der Waals surface area contributed by atoms with Crippen LogP contribution in [0.25, 0.3) is 0 Å². The Kier molecular flexibility index (Phi) is 6.72. The maximum absolute atomic E-state index is 12.7. The van der Waals surface area contributed by atoms with E-state index in [1.165, 1.54) is 5.56 Å². The summed E-state index contributed by atoms with van der Waals surface area (Å²) in [6, 6.07) is 11.9. The molecule has 1 aromatic carbocycles. The first kappa shape index (κ1) is 21.4. The number of ether oxygens (including phenoxy) is 1. The average molecular weight is 409 g/mol. The molecule has 0 saturated carbocycles. The number of anilines is 1. The maximum Gasteiger partial charge on any atom is 0.339 e. The van der Waals surface area contributed by atoms with Crippen LogP contribution in [-0.2, 0) is 29.0 Å². The van der Waals surface area contributed by atoms with Crippen molar-refractivity contribution >= 4 is 17.7 Å². The van der Waals surface area contributed by atoms with Crippen molar-refractivity contribution in [3.05, 3.63) is 70.7 Å². The summed E-state index contributed by atoms with van der Waals surface area (Å²) in [6.07, 6.45) is 2.67. The van der Waals surface area contributed by atoms with Gasteiger partial charge in [-0.2, -0.15) is 5.10 Å². The number of hydrogen-bond donors (Lipinski definition) is 1. The molecule has 7 nitrogen and oxygen atoms in total. The highest BCUT2D eigenvalue weighted by Gasteiger charge is 2.18. The van der Waals surface area contributed by atoms with Crippen LogP contribution >= 0.6 is 0 Å². The first-order valence-electron chi connectivity index (χ1n) is 10.2. The van der Waals surface area contributed by atoms with E-state index < -0.39 is 0 Å². The molecule has 0 spiro atoms. The molecule has 3 rings (SSSR count). The molecular formula is C23H28N4O3. The number of amides is 1. The number of carbonyl (C=O) groups excluding carboxylic acids is 2. The van der Waals surface area contributed by atoms with Gasteiger partial charge in [-0.3, -0.25) is 4.79 Å². The van der Waals surface area contributed by atoms with Gasteiger partial charge in [-0.05, 0) is 44.4 Å². The highest BCUT2D eigenvalue weighted by atomic mass is 16.5. The third-order valence-corrected chi connectivity index (χ3v) is 5.12. The Bertz CT molecular complexity index is 1030. The van der Waals surface area contributed by atoms with E-state index in [0.717, 1.165) is 17.7 Å². The zero-order valence-corrected chi connectivity index (χ0v) is 17.9. The highest BCUT2D eigenvalue weighted by Crippen LogP contribution is 2.17. The number of esters is 1. The van der Waals surface area contributed by atoms with E-state index in [-0.39, 0.29) is 18.4 Å². The van der Waals surface area contributed by atoms with Gasteiger partial charge in [-0.25, -0.2) is 9.48 Å². The Hall–Kier alpha value is -3.35. The lowest BCUT2D eigenvalue weighted by Gasteiger charge is -2.12. The SMILES string of the molecule is CCOC(=O)c1cc(C)n(CC(=O)Nc2ccnn2Cc2ccc(CC)cc2)c1C. The van der Waals surface area contributed by atoms with Gasteiger partial charge in [0.05, 0.1) is 24.9 Å². The lowest BCUT2D eigenvalue weighted by atomic mass is 10.1. The van der Waals surface area contributed by atoms with E-state index >= 15 is 0 Å². The maximum atomic E-state index is 12.7. The van der Waals surface area contributed by atoms with Crippen molar-refractivity contribution in [2.45, 2.75) is 47.2 Å². The Labute approximate surface area is 176 Å². The van der Waals surface area contributed by atoms with Crippen molar-refractivity contribution in [1.82, 2.24) is 14.3 Å². The van der Waals surface area contributed by atoms with E-state index in [1.54, 1.807) is 29.9 Å². The van der Waals surface area contributed by atoms with Crippen molar-refractivity contribution in [3.8, 4) is 0 Å². The zero-order chi connectivity index (χ0) is 21.7. The molecule has 0 unspecified atom stereocenters. The lowest BCUT2D eigenvalue weighted by molar-refractivity contribution is -0.116. The second-order valence-corrected chi connectivity index (χ2v) is 7.18. The van der Waals surface area contributed by atoms with Gasteiger partial charge in [0, 0.05) is 17.5 Å². The minimum atomic E-state index is -0.371. The normalized spacial score (nSPS) is 10.8. The number of benzene rings is 1. The quantitative estimate of drug-likeness (QED) is 0.576. The highest BCUT2D eigenvalue weighted by molar-refractivity contribution is 5.92. The summed E-state index contributed by atoms with van der Waals surface area (Å²) in [5.41, 5.74) is 4.43. The summed E-state index contributed by atoms with van der Waals surface area (Å²) >= 11 is 0. The molecule has 30 heavy (non-hydrogen) atoms. The summed E-state index contributed by atoms with van der Waals surface area (Å²) in [7, 11) is 0. The molecular weight excluding hydrogens is 380 g/mol. The topological polar surface area (TPSA) is 78.2 Å². The summed E-state index contributed by atoms with van der Waals surface area (Å²) in [6.45, 7) is 8.57. The number of nitrogens with zero attached hydrogens (tertiary/aromatic N) is 3. The van der Waals surface area contributed by atoms with E-state index in [2.05, 4.69) is 41.6 Å². The van der Waals surface area contributed by atoms with Crippen LogP contribution in [0.3, 0.4) is 0 Å². The molecule has 0 radical (unpaired) electrons. The third kappa shape index (κ3) is 4.79. The molecule has 0 saturated heterocycles. The van der Waals surface area contributed by atoms with Crippen LogP contribution in [0.2, 0.25) is 0 Å². The summed E-state index contributed by atoms with van der Waals surface area (Å²) in [4.78, 5) is 24.8. The smallest absolute Gasteiger partial charge is 0.339 e. The van der Waals surface area contributed by atoms with Crippen LogP contribution in [0.5, 0.6) is 0 Å². The molecule has 0 atom stereocenters. The monoisotopic (exact) mass is 408 g/mol. The van der Waals surface area contributed by atoms with E-state index in [0.29, 0.717) is 30.2 Å². The van der Waals surface area contributed by atoms with Crippen molar-refractivity contribution < 1.29 is 14.3 Å². The van der Waals surface area contributed by atoms with E-state index in [9.17, 15) is 9.59 Å². The molecule has 0 aliphatic heterocycles. The van der Waals surface area contributed by atoms with Crippen molar-refractivity contribution in [1.29, 1.82) is 0 Å². The first-order chi connectivity index (χ1) is 14.4. The fraction of sp³-hybridized carbons (Fsp3) is 0.348. The number of aryl methyl sites for hydroxylation is 2. The number of carbonyl (C=O) groups is 2. The van der Waals surface area contributed by atoms with Crippen molar-refractivity contribution in [3.63, 3.8) is 0 Å². The second-order valence-electron chi connectivity index (χ2n) is 7.18. The average Bonchev–Trinajstić information content (AvgIpc) is 3.27. The summed E-state index contributed by atoms with van der Waals surface area (Å²) < 4.78 is 8.66. The molecule has 0 bridgehead atoms. The van der Waals surface area contributed by atoms with Gasteiger partial charge < -0.3 is 14.6 Å². The fourth-order valence-corrected chi connectivity index (χ4v) is 3.40. The van der Waals surface area contributed by atoms with Crippen LogP contribution in [0.15, 0.2) is 42.6 Å². The minimum absolute atomic E-state index is 0.105. The third-order valence-electron chi connectivity index (χ3n) is 5.12. The molecule has 158 valence electrons. The second kappa shape index (κ2) is 9.43. The van der Waals surface area contributed by atoms with Crippen LogP contribution in [0, 0.1) is 13.8 Å². The summed E-state index contributed by atoms with van der Waals surface area (Å²) in [5.74, 6) is 0.0763. The van der Waals surface area contributed by atoms with E-state index in [4.69, 9.17) is 4.74 Å². The zero-order valence-electron chi connectivity index (χ0n) is 17.9. The lowest BCUT2D eigenvalue weighted by Crippen LogP contribution is -2.22. The van der Waals surface area contributed by atoms with Gasteiger partial charge in [0.15, 0.2) is 0 Å². The van der Waals surface area contributed by atoms with Crippen LogP contribution < -0.4 is 5.32 Å². The number of rotatable bonds is 8. The van der Waals surface area contributed by atoms with Crippen LogP contribution in [-0.4, -0.2) is 32.8 Å². The minimum Gasteiger partial charge on any atom is -0.462 e. The van der Waals surface area contributed by atoms with Gasteiger partial charge in [0.25, 0.3) is 0 Å². The molecule has 1 amide bonds. The van der Waals surface area contributed by atoms with Crippen LogP contribution in [0.1, 0.15) is 46.7 Å². The molecule has 2 heterocycles. The molecule has 0 aliphatic carbocycles. The Morgan fingerprint density at radius 1 is 1.07 bits per heavy atom. The Balaban J connectivity index is 1.69. The fourth-order valence-electron chi connectivity index (χ4n) is 3.40. The van der Waals surface area contributed by atoms with E-state index in [1.807, 2.05) is 18.4 Å². The Morgan fingerprint density at radius 3 is 2.43 bits per heavy atom. The first-order valence-corrected chi connectivity index (χ1v) is 10.2. The predicted octanol–water partition coefficient (Wildman–Crippen LogP) is 3.73.